The van der Waals surface area contributed by atoms with Gasteiger partial charge in [0.1, 0.15) is 12.0 Å². The van der Waals surface area contributed by atoms with E-state index in [9.17, 15) is 8.42 Å². The van der Waals surface area contributed by atoms with Gasteiger partial charge in [0.2, 0.25) is 0 Å². The number of aryl methyl sites for hydroxylation is 1. The molecule has 0 spiro atoms. The predicted molar refractivity (Wildman–Crippen MR) is 78.8 cm³/mol. The zero-order valence-electron chi connectivity index (χ0n) is 10.6. The quantitative estimate of drug-likeness (QED) is 0.865. The second-order valence-electron chi connectivity index (χ2n) is 4.02. The number of sulfonamides is 1. The highest BCUT2D eigenvalue weighted by atomic mass is 35.5. The maximum Gasteiger partial charge on any atom is 0.262 e. The molecule has 0 amide bonds. The van der Waals surface area contributed by atoms with Crippen molar-refractivity contribution in [2.75, 3.05) is 4.72 Å². The van der Waals surface area contributed by atoms with Gasteiger partial charge in [0.05, 0.1) is 16.5 Å². The fourth-order valence-electron chi connectivity index (χ4n) is 1.55. The molecule has 9 heteroatoms. The highest BCUT2D eigenvalue weighted by Crippen LogP contribution is 2.28. The Hall–Kier alpha value is -1.88. The van der Waals surface area contributed by atoms with E-state index in [1.165, 1.54) is 18.2 Å². The van der Waals surface area contributed by atoms with Crippen molar-refractivity contribution in [3.63, 3.8) is 0 Å². The molecule has 2 aromatic rings. The third kappa shape index (κ3) is 3.24. The van der Waals surface area contributed by atoms with Crippen molar-refractivity contribution in [1.29, 1.82) is 5.26 Å². The van der Waals surface area contributed by atoms with Crippen LogP contribution in [0, 0.1) is 18.3 Å². The number of benzene rings is 1. The van der Waals surface area contributed by atoms with Crippen LogP contribution < -0.4 is 4.72 Å². The van der Waals surface area contributed by atoms with E-state index in [1.54, 1.807) is 6.92 Å². The molecule has 108 valence electrons. The molecule has 0 aliphatic carbocycles. The van der Waals surface area contributed by atoms with Gasteiger partial charge < -0.3 is 0 Å². The minimum absolute atomic E-state index is 0.0185. The van der Waals surface area contributed by atoms with Gasteiger partial charge in [0, 0.05) is 0 Å². The summed E-state index contributed by atoms with van der Waals surface area (Å²) in [6.45, 7) is 1.64. The molecule has 0 saturated heterocycles. The minimum Gasteiger partial charge on any atom is -0.274 e. The summed E-state index contributed by atoms with van der Waals surface area (Å²) >= 11 is 11.6. The van der Waals surface area contributed by atoms with Gasteiger partial charge in [-0.2, -0.15) is 5.26 Å². The Kier molecular flexibility index (Phi) is 4.32. The fourth-order valence-corrected chi connectivity index (χ4v) is 3.23. The highest BCUT2D eigenvalue weighted by molar-refractivity contribution is 7.92. The largest absolute Gasteiger partial charge is 0.274 e. The van der Waals surface area contributed by atoms with E-state index in [4.69, 9.17) is 28.5 Å². The fraction of sp³-hybridized carbons (Fsp3) is 0.0833. The van der Waals surface area contributed by atoms with E-state index >= 15 is 0 Å². The Bertz CT molecular complexity index is 827. The molecule has 0 saturated carbocycles. The summed E-state index contributed by atoms with van der Waals surface area (Å²) in [5.41, 5.74) is 0.845. The van der Waals surface area contributed by atoms with Gasteiger partial charge in [-0.25, -0.2) is 18.4 Å². The lowest BCUT2D eigenvalue weighted by atomic mass is 10.1. The molecule has 21 heavy (non-hydrogen) atoms. The second kappa shape index (κ2) is 5.85. The van der Waals surface area contributed by atoms with Crippen LogP contribution in [0.1, 0.15) is 11.1 Å². The van der Waals surface area contributed by atoms with Crippen LogP contribution in [0.15, 0.2) is 29.4 Å². The molecule has 0 bridgehead atoms. The number of hydrogen-bond acceptors (Lipinski definition) is 5. The third-order valence-corrected chi connectivity index (χ3v) is 4.54. The van der Waals surface area contributed by atoms with Gasteiger partial charge in [0.15, 0.2) is 10.3 Å². The van der Waals surface area contributed by atoms with E-state index in [2.05, 4.69) is 14.7 Å². The zero-order chi connectivity index (χ0) is 15.6. The molecule has 2 rings (SSSR count). The van der Waals surface area contributed by atoms with Crippen LogP contribution >= 0.6 is 23.2 Å². The molecule has 1 aromatic heterocycles. The molecule has 0 aliphatic rings. The smallest absolute Gasteiger partial charge is 0.262 e. The van der Waals surface area contributed by atoms with Crippen molar-refractivity contribution in [2.45, 2.75) is 11.8 Å². The summed E-state index contributed by atoms with van der Waals surface area (Å²) < 4.78 is 26.8. The van der Waals surface area contributed by atoms with E-state index in [-0.39, 0.29) is 20.9 Å². The Morgan fingerprint density at radius 3 is 2.38 bits per heavy atom. The van der Waals surface area contributed by atoms with Crippen LogP contribution in [-0.4, -0.2) is 18.4 Å². The number of aromatic nitrogens is 2. The number of nitriles is 1. The summed E-state index contributed by atoms with van der Waals surface area (Å²) in [5, 5.41) is 8.64. The summed E-state index contributed by atoms with van der Waals surface area (Å²) in [7, 11) is -3.91. The maximum atomic E-state index is 12.3. The summed E-state index contributed by atoms with van der Waals surface area (Å²) in [5.74, 6) is 0. The van der Waals surface area contributed by atoms with Crippen LogP contribution in [-0.2, 0) is 10.0 Å². The number of halogens is 2. The lowest BCUT2D eigenvalue weighted by molar-refractivity contribution is 0.601. The minimum atomic E-state index is -3.91. The maximum absolute atomic E-state index is 12.3. The molecule has 0 radical (unpaired) electrons. The highest BCUT2D eigenvalue weighted by Gasteiger charge is 2.19. The molecule has 1 N–H and O–H groups in total. The van der Waals surface area contributed by atoms with E-state index in [0.29, 0.717) is 11.1 Å². The van der Waals surface area contributed by atoms with Gasteiger partial charge >= 0.3 is 0 Å². The Morgan fingerprint density at radius 1 is 1.24 bits per heavy atom. The lowest BCUT2D eigenvalue weighted by Crippen LogP contribution is -2.14. The first-order valence-corrected chi connectivity index (χ1v) is 7.78. The van der Waals surface area contributed by atoms with Crippen LogP contribution in [0.3, 0.4) is 0 Å². The average Bonchev–Trinajstić information content (AvgIpc) is 2.43. The lowest BCUT2D eigenvalue weighted by Gasteiger charge is -2.10. The van der Waals surface area contributed by atoms with Gasteiger partial charge in [-0.15, -0.1) is 0 Å². The SMILES string of the molecule is Cc1cc(S(=O)(=O)Nc2c(Cl)ncnc2Cl)ccc1C#N. The monoisotopic (exact) mass is 342 g/mol. The van der Waals surface area contributed by atoms with Crippen molar-refractivity contribution >= 4 is 38.9 Å². The van der Waals surface area contributed by atoms with E-state index < -0.39 is 10.0 Å². The summed E-state index contributed by atoms with van der Waals surface area (Å²) in [4.78, 5) is 7.31. The number of anilines is 1. The third-order valence-electron chi connectivity index (χ3n) is 2.62. The molecule has 6 nitrogen and oxygen atoms in total. The standard InChI is InChI=1S/C12H8Cl2N4O2S/c1-7-4-9(3-2-8(7)5-15)21(19,20)18-10-11(13)16-6-17-12(10)14/h2-4,6,18H,1H3. The van der Waals surface area contributed by atoms with Crippen LogP contribution in [0.4, 0.5) is 5.69 Å². The van der Waals surface area contributed by atoms with Gasteiger partial charge in [0.25, 0.3) is 10.0 Å². The first kappa shape index (κ1) is 15.5. The predicted octanol–water partition coefficient (Wildman–Crippen LogP) is 2.76. The molecule has 0 unspecified atom stereocenters. The molecule has 1 heterocycles. The number of nitrogens with one attached hydrogen (secondary N) is 1. The van der Waals surface area contributed by atoms with Crippen LogP contribution in [0.2, 0.25) is 10.3 Å². The molecule has 1 aromatic carbocycles. The van der Waals surface area contributed by atoms with Gasteiger partial charge in [-0.1, -0.05) is 23.2 Å². The Labute approximate surface area is 131 Å². The zero-order valence-corrected chi connectivity index (χ0v) is 13.0. The number of hydrogen-bond donors (Lipinski definition) is 1. The molecular weight excluding hydrogens is 335 g/mol. The topological polar surface area (TPSA) is 95.7 Å². The first-order valence-electron chi connectivity index (χ1n) is 5.54. The van der Waals surface area contributed by atoms with Crippen molar-refractivity contribution in [3.05, 3.63) is 46.0 Å². The second-order valence-corrected chi connectivity index (χ2v) is 6.42. The van der Waals surface area contributed by atoms with Crippen molar-refractivity contribution < 1.29 is 8.42 Å². The van der Waals surface area contributed by atoms with Crippen molar-refractivity contribution in [2.24, 2.45) is 0 Å². The molecule has 0 aliphatic heterocycles. The Morgan fingerprint density at radius 2 is 1.86 bits per heavy atom. The molecule has 0 fully saturated rings. The van der Waals surface area contributed by atoms with Gasteiger partial charge in [-0.05, 0) is 30.7 Å². The Balaban J connectivity index is 2.44. The van der Waals surface area contributed by atoms with Crippen LogP contribution in [0.25, 0.3) is 0 Å². The number of nitrogens with zero attached hydrogens (tertiary/aromatic N) is 3. The van der Waals surface area contributed by atoms with Crippen molar-refractivity contribution in [3.8, 4) is 6.07 Å². The number of rotatable bonds is 3. The van der Waals surface area contributed by atoms with E-state index in [0.717, 1.165) is 6.33 Å². The van der Waals surface area contributed by atoms with Crippen molar-refractivity contribution in [1.82, 2.24) is 9.97 Å². The molecule has 0 atom stereocenters. The summed E-state index contributed by atoms with van der Waals surface area (Å²) in [6, 6.07) is 6.09. The molecular formula is C12H8Cl2N4O2S. The van der Waals surface area contributed by atoms with Gasteiger partial charge in [-0.3, -0.25) is 4.72 Å². The summed E-state index contributed by atoms with van der Waals surface area (Å²) in [6.07, 6.45) is 1.12. The van der Waals surface area contributed by atoms with E-state index in [1.807, 2.05) is 6.07 Å². The first-order chi connectivity index (χ1) is 9.85. The normalized spacial score (nSPS) is 11.0. The average molecular weight is 343 g/mol. The van der Waals surface area contributed by atoms with Crippen LogP contribution in [0.5, 0.6) is 0 Å².